The van der Waals surface area contributed by atoms with Gasteiger partial charge in [-0.05, 0) is 19.3 Å². The molecule has 0 saturated carbocycles. The van der Waals surface area contributed by atoms with Gasteiger partial charge in [-0.25, -0.2) is 0 Å². The summed E-state index contributed by atoms with van der Waals surface area (Å²) in [7, 11) is 0. The molecule has 558 valence electrons. The number of unbranched alkanes of at least 4 members (excludes halogenated alkanes) is 75. The van der Waals surface area contributed by atoms with E-state index in [4.69, 9.17) is 11.4 Å². The first-order chi connectivity index (χ1) is 46.5. The topological polar surface area (TPSA) is 78.9 Å². The highest BCUT2D eigenvalue weighted by Crippen LogP contribution is 2.22. The Labute approximate surface area is 596 Å². The maximum absolute atomic E-state index is 13.0. The minimum atomic E-state index is -3.27. The van der Waals surface area contributed by atoms with Crippen LogP contribution in [0.5, 0.6) is 0 Å². The second-order valence-corrected chi connectivity index (χ2v) is 31.8. The van der Waals surface area contributed by atoms with Crippen molar-refractivity contribution in [1.82, 2.24) is 0 Å². The summed E-state index contributed by atoms with van der Waals surface area (Å²) in [5.41, 5.74) is 0. The first kappa shape index (κ1) is 92.9. The van der Waals surface area contributed by atoms with E-state index < -0.39 is 33.1 Å². The van der Waals surface area contributed by atoms with Gasteiger partial charge in [0.25, 0.3) is 17.9 Å². The van der Waals surface area contributed by atoms with Gasteiger partial charge in [-0.1, -0.05) is 502 Å². The van der Waals surface area contributed by atoms with Crippen LogP contribution in [0.1, 0.15) is 541 Å². The summed E-state index contributed by atoms with van der Waals surface area (Å²) in [6, 6.07) is 0. The van der Waals surface area contributed by atoms with Crippen molar-refractivity contribution in [2.45, 2.75) is 541 Å². The molecule has 0 atom stereocenters. The van der Waals surface area contributed by atoms with Crippen LogP contribution in [0, 0.1) is 0 Å². The largest absolute Gasteiger partial charge is 1.20 e. The molecule has 0 aliphatic carbocycles. The highest BCUT2D eigenvalue weighted by atomic mass is 27.3. The smallest absolute Gasteiger partial charge is 0.551 e. The van der Waals surface area contributed by atoms with E-state index in [0.717, 1.165) is 57.8 Å². The van der Waals surface area contributed by atoms with Gasteiger partial charge in [0, 0.05) is 19.3 Å². The van der Waals surface area contributed by atoms with Crippen LogP contribution < -0.4 is 0 Å². The molecule has 94 heavy (non-hydrogen) atoms. The third kappa shape index (κ3) is 81.6. The summed E-state index contributed by atoms with van der Waals surface area (Å²) in [5.74, 6) is -1.20. The number of carbonyl (C=O) groups excluding carboxylic acids is 3. The zero-order valence-electron chi connectivity index (χ0n) is 64.8. The maximum atomic E-state index is 13.0. The first-order valence-corrected chi connectivity index (χ1v) is 45.5. The third-order valence-electron chi connectivity index (χ3n) is 20.9. The number of hydrogen-bond donors (Lipinski definition) is 0. The predicted octanol–water partition coefficient (Wildman–Crippen LogP) is 31.3. The average molecular weight is 1340 g/mol. The van der Waals surface area contributed by atoms with E-state index in [1.807, 2.05) is 0 Å². The Morgan fingerprint density at radius 3 is 0.330 bits per heavy atom. The van der Waals surface area contributed by atoms with E-state index in [1.165, 1.54) is 443 Å². The molecule has 0 aromatic rings. The summed E-state index contributed by atoms with van der Waals surface area (Å²) in [6.45, 7) is 6.91. The Bertz CT molecular complexity index is 1270. The van der Waals surface area contributed by atoms with Crippen LogP contribution in [0.25, 0.3) is 0 Å². The molecule has 0 fully saturated rings. The monoisotopic (exact) mass is 1340 g/mol. The molecular formula is C87H171AlO6. The van der Waals surface area contributed by atoms with Gasteiger partial charge >= 0.3 is 15.1 Å². The van der Waals surface area contributed by atoms with Crippen molar-refractivity contribution in [3.63, 3.8) is 0 Å². The summed E-state index contributed by atoms with van der Waals surface area (Å²) in [4.78, 5) is 39.1. The van der Waals surface area contributed by atoms with E-state index in [2.05, 4.69) is 20.8 Å². The predicted molar refractivity (Wildman–Crippen MR) is 415 cm³/mol. The Morgan fingerprint density at radius 1 is 0.149 bits per heavy atom. The van der Waals surface area contributed by atoms with Gasteiger partial charge in [-0.15, -0.1) is 0 Å². The van der Waals surface area contributed by atoms with Gasteiger partial charge in [-0.2, -0.15) is 0 Å². The van der Waals surface area contributed by atoms with Crippen molar-refractivity contribution in [3.05, 3.63) is 0 Å². The van der Waals surface area contributed by atoms with E-state index in [1.54, 1.807) is 0 Å². The molecule has 0 spiro atoms. The van der Waals surface area contributed by atoms with E-state index in [0.29, 0.717) is 0 Å². The van der Waals surface area contributed by atoms with Crippen molar-refractivity contribution in [3.8, 4) is 0 Å². The maximum Gasteiger partial charge on any atom is 1.20 e. The molecule has 7 heteroatoms. The van der Waals surface area contributed by atoms with Gasteiger partial charge in [0.1, 0.15) is 0 Å². The molecule has 0 N–H and O–H groups in total. The van der Waals surface area contributed by atoms with Gasteiger partial charge in [0.05, 0.1) is 0 Å². The highest BCUT2D eigenvalue weighted by molar-refractivity contribution is 6.44. The van der Waals surface area contributed by atoms with E-state index in [9.17, 15) is 14.4 Å². The molecule has 0 aromatic carbocycles. The molecule has 6 nitrogen and oxygen atoms in total. The second kappa shape index (κ2) is 84.4. The SMILES string of the molecule is CCCCCCCCCCCCCCCCCCCCCCCCCCCCC(=O)[O][Al]([O]C(=O)CCCCCCCCCCCCCCCCCCCCCCCCCCCC)[O]C(=O)CCCCCCCCCCCCCCCCCCCCCCCCCCCC. The number of rotatable bonds is 84. The molecule has 0 amide bonds. The van der Waals surface area contributed by atoms with Crippen LogP contribution in [0.15, 0.2) is 0 Å². The fourth-order valence-corrected chi connectivity index (χ4v) is 15.5. The second-order valence-electron chi connectivity index (χ2n) is 30.5. The number of hydrogen-bond acceptors (Lipinski definition) is 6. The molecule has 0 bridgehead atoms. The van der Waals surface area contributed by atoms with Crippen LogP contribution in [0.4, 0.5) is 0 Å². The van der Waals surface area contributed by atoms with Gasteiger partial charge < -0.3 is 11.4 Å². The summed E-state index contributed by atoms with van der Waals surface area (Å²) >= 11 is -3.27. The normalized spacial score (nSPS) is 11.5. The van der Waals surface area contributed by atoms with Crippen molar-refractivity contribution < 1.29 is 25.7 Å². The molecule has 0 aliphatic rings. The Balaban J connectivity index is 4.25. The molecule has 0 saturated heterocycles. The standard InChI is InChI=1S/3C29H58O2.Al/c3*1-2-3-4-5-6-7-8-9-10-11-12-13-14-15-16-17-18-19-20-21-22-23-24-25-26-27-28-29(30)31;/h3*2-28H2,1H3,(H,30,31);/q;;;+3/p-3. The minimum Gasteiger partial charge on any atom is -0.551 e. The fraction of sp³-hybridized carbons (Fsp3) is 0.966. The van der Waals surface area contributed by atoms with Crippen molar-refractivity contribution in [2.75, 3.05) is 0 Å². The zero-order valence-corrected chi connectivity index (χ0v) is 66.0. The van der Waals surface area contributed by atoms with Crippen LogP contribution in [0.3, 0.4) is 0 Å². The Hall–Kier alpha value is -1.06. The van der Waals surface area contributed by atoms with Crippen LogP contribution >= 0.6 is 0 Å². The lowest BCUT2D eigenvalue weighted by Gasteiger charge is -2.14. The van der Waals surface area contributed by atoms with Gasteiger partial charge in [0.15, 0.2) is 0 Å². The summed E-state index contributed by atoms with van der Waals surface area (Å²) in [5, 5.41) is 0. The van der Waals surface area contributed by atoms with E-state index >= 15 is 0 Å². The highest BCUT2D eigenvalue weighted by Gasteiger charge is 2.48. The molecule has 0 rings (SSSR count). The third-order valence-corrected chi connectivity index (χ3v) is 22.3. The van der Waals surface area contributed by atoms with Gasteiger partial charge in [-0.3, -0.25) is 14.4 Å². The lowest BCUT2D eigenvalue weighted by atomic mass is 10.0. The lowest BCUT2D eigenvalue weighted by molar-refractivity contribution is -0.148. The summed E-state index contributed by atoms with van der Waals surface area (Å²) < 4.78 is 17.1. The van der Waals surface area contributed by atoms with Crippen molar-refractivity contribution >= 4 is 33.1 Å². The van der Waals surface area contributed by atoms with E-state index in [-0.39, 0.29) is 19.3 Å². The molecule has 0 heterocycles. The molecule has 0 radical (unpaired) electrons. The quantitative estimate of drug-likeness (QED) is 0.0446. The lowest BCUT2D eigenvalue weighted by Crippen LogP contribution is -2.34. The molecule has 0 aliphatic heterocycles. The minimum absolute atomic E-state index is 0.275. The van der Waals surface area contributed by atoms with Gasteiger partial charge in [0.2, 0.25) is 0 Å². The summed E-state index contributed by atoms with van der Waals surface area (Å²) in [6.07, 6.45) is 106. The molecular weight excluding hydrogens is 1170 g/mol. The van der Waals surface area contributed by atoms with Crippen molar-refractivity contribution in [2.24, 2.45) is 0 Å². The average Bonchev–Trinajstić information content (AvgIpc) is 2.07. The zero-order chi connectivity index (χ0) is 67.7. The van der Waals surface area contributed by atoms with Crippen molar-refractivity contribution in [1.29, 1.82) is 0 Å². The Kier molecular flexibility index (Phi) is 83.4. The fourth-order valence-electron chi connectivity index (χ4n) is 14.3. The van der Waals surface area contributed by atoms with Crippen LogP contribution in [-0.4, -0.2) is 33.1 Å². The molecule has 0 aromatic heterocycles. The molecule has 0 unspecified atom stereocenters. The number of carbonyl (C=O) groups is 3. The first-order valence-electron chi connectivity index (χ1n) is 44.1. The van der Waals surface area contributed by atoms with Crippen LogP contribution in [-0.2, 0) is 25.7 Å². The van der Waals surface area contributed by atoms with Crippen LogP contribution in [0.2, 0.25) is 0 Å². The Morgan fingerprint density at radius 2 is 0.234 bits per heavy atom.